The summed E-state index contributed by atoms with van der Waals surface area (Å²) >= 11 is 12.8. The molecule has 3 aromatic carbocycles. The third-order valence-corrected chi connectivity index (χ3v) is 5.98. The Balaban J connectivity index is 1.85. The van der Waals surface area contributed by atoms with Gasteiger partial charge in [0.25, 0.3) is 0 Å². The number of fused-ring (bicyclic) bond motifs is 5. The van der Waals surface area contributed by atoms with Crippen molar-refractivity contribution in [1.82, 2.24) is 10.3 Å². The van der Waals surface area contributed by atoms with Crippen LogP contribution in [0.25, 0.3) is 32.9 Å². The number of halogens is 2. The zero-order chi connectivity index (χ0) is 19.3. The van der Waals surface area contributed by atoms with Crippen molar-refractivity contribution in [2.45, 2.75) is 13.0 Å². The van der Waals surface area contributed by atoms with E-state index >= 15 is 0 Å². The number of methoxy groups -OCH3 is 1. The van der Waals surface area contributed by atoms with E-state index < -0.39 is 0 Å². The highest BCUT2D eigenvalue weighted by Crippen LogP contribution is 2.40. The first-order valence-electron chi connectivity index (χ1n) is 9.24. The van der Waals surface area contributed by atoms with Gasteiger partial charge in [-0.25, -0.2) is 4.98 Å². The van der Waals surface area contributed by atoms with Gasteiger partial charge in [0, 0.05) is 17.5 Å². The molecule has 0 saturated heterocycles. The quantitative estimate of drug-likeness (QED) is 0.412. The summed E-state index contributed by atoms with van der Waals surface area (Å²) in [6, 6.07) is 16.5. The number of aromatic nitrogens is 1. The molecule has 1 aromatic heterocycles. The molecule has 28 heavy (non-hydrogen) atoms. The van der Waals surface area contributed by atoms with Crippen LogP contribution in [0.3, 0.4) is 0 Å². The van der Waals surface area contributed by atoms with Crippen LogP contribution in [0.1, 0.15) is 11.1 Å². The summed E-state index contributed by atoms with van der Waals surface area (Å²) in [4.78, 5) is 5.05. The summed E-state index contributed by atoms with van der Waals surface area (Å²) in [7, 11) is 1.57. The summed E-state index contributed by atoms with van der Waals surface area (Å²) in [6.45, 7) is 1.73. The molecule has 1 N–H and O–H groups in total. The van der Waals surface area contributed by atoms with E-state index in [9.17, 15) is 0 Å². The van der Waals surface area contributed by atoms with Crippen LogP contribution in [-0.2, 0) is 13.0 Å². The van der Waals surface area contributed by atoms with Crippen LogP contribution in [0.4, 0.5) is 0 Å². The minimum absolute atomic E-state index is 0.489. The number of benzene rings is 3. The molecule has 0 unspecified atom stereocenters. The van der Waals surface area contributed by atoms with E-state index in [0.717, 1.165) is 36.3 Å². The van der Waals surface area contributed by atoms with Gasteiger partial charge >= 0.3 is 0 Å². The maximum absolute atomic E-state index is 6.41. The number of nitrogens with zero attached hydrogens (tertiary/aromatic N) is 1. The van der Waals surface area contributed by atoms with Crippen LogP contribution in [0, 0.1) is 0 Å². The van der Waals surface area contributed by atoms with E-state index in [1.165, 1.54) is 27.3 Å². The second-order valence-corrected chi connectivity index (χ2v) is 7.81. The monoisotopic (exact) mass is 408 g/mol. The molecule has 5 heteroatoms. The number of hydrogen-bond acceptors (Lipinski definition) is 3. The molecule has 2 heterocycles. The molecule has 3 nitrogen and oxygen atoms in total. The third kappa shape index (κ3) is 2.74. The zero-order valence-corrected chi connectivity index (χ0v) is 16.9. The van der Waals surface area contributed by atoms with E-state index in [1.807, 2.05) is 12.1 Å². The number of nitrogens with one attached hydrogen (secondary N) is 1. The Morgan fingerprint density at radius 1 is 1.00 bits per heavy atom. The number of rotatable bonds is 2. The van der Waals surface area contributed by atoms with E-state index in [-0.39, 0.29) is 0 Å². The molecule has 0 radical (unpaired) electrons. The smallest absolute Gasteiger partial charge is 0.156 e. The molecule has 0 aliphatic carbocycles. The number of hydrogen-bond donors (Lipinski definition) is 1. The Labute approximate surface area is 173 Å². The SMILES string of the molecule is COc1c(Cl)cc(-c2nc3ccc4ccccc4c3c3c2CNCC3)cc1Cl. The number of pyridine rings is 1. The van der Waals surface area contributed by atoms with Gasteiger partial charge in [-0.2, -0.15) is 0 Å². The van der Waals surface area contributed by atoms with Gasteiger partial charge in [0.2, 0.25) is 0 Å². The average Bonchev–Trinajstić information content (AvgIpc) is 2.72. The lowest BCUT2D eigenvalue weighted by molar-refractivity contribution is 0.415. The van der Waals surface area contributed by atoms with Crippen molar-refractivity contribution in [3.63, 3.8) is 0 Å². The average molecular weight is 409 g/mol. The van der Waals surface area contributed by atoms with Crippen LogP contribution < -0.4 is 10.1 Å². The van der Waals surface area contributed by atoms with Crippen molar-refractivity contribution in [3.8, 4) is 17.0 Å². The zero-order valence-electron chi connectivity index (χ0n) is 15.4. The fourth-order valence-corrected chi connectivity index (χ4v) is 4.82. The van der Waals surface area contributed by atoms with E-state index in [0.29, 0.717) is 15.8 Å². The highest BCUT2D eigenvalue weighted by Gasteiger charge is 2.21. The first-order chi connectivity index (χ1) is 13.7. The van der Waals surface area contributed by atoms with Gasteiger partial charge in [-0.15, -0.1) is 0 Å². The van der Waals surface area contributed by atoms with Crippen molar-refractivity contribution in [1.29, 1.82) is 0 Å². The van der Waals surface area contributed by atoms with Crippen LogP contribution >= 0.6 is 23.2 Å². The van der Waals surface area contributed by atoms with Gasteiger partial charge in [0.05, 0.1) is 28.4 Å². The summed E-state index contributed by atoms with van der Waals surface area (Å²) in [6.07, 6.45) is 0.965. The standard InChI is InChI=1S/C23H18Cl2N2O/c1-28-23-18(24)10-14(11-19(23)25)22-17-12-26-9-8-16(17)21-15-5-3-2-4-13(15)6-7-20(21)27-22/h2-7,10-11,26H,8-9,12H2,1H3. The lowest BCUT2D eigenvalue weighted by Crippen LogP contribution is -2.25. The van der Waals surface area contributed by atoms with Crippen molar-refractivity contribution in [2.24, 2.45) is 0 Å². The summed E-state index contributed by atoms with van der Waals surface area (Å²) in [5, 5.41) is 8.21. The molecule has 0 amide bonds. The first-order valence-corrected chi connectivity index (χ1v) is 10.0. The molecule has 4 aromatic rings. The van der Waals surface area contributed by atoms with E-state index in [2.05, 4.69) is 41.7 Å². The Morgan fingerprint density at radius 2 is 1.79 bits per heavy atom. The largest absolute Gasteiger partial charge is 0.494 e. The van der Waals surface area contributed by atoms with Crippen LogP contribution in [0.15, 0.2) is 48.5 Å². The summed E-state index contributed by atoms with van der Waals surface area (Å²) < 4.78 is 5.30. The highest BCUT2D eigenvalue weighted by atomic mass is 35.5. The second-order valence-electron chi connectivity index (χ2n) is 7.00. The molecule has 140 valence electrons. The maximum Gasteiger partial charge on any atom is 0.156 e. The van der Waals surface area contributed by atoms with Crippen molar-refractivity contribution in [2.75, 3.05) is 13.7 Å². The minimum Gasteiger partial charge on any atom is -0.494 e. The molecule has 0 bridgehead atoms. The number of ether oxygens (including phenoxy) is 1. The Hall–Kier alpha value is -2.33. The molecule has 0 fully saturated rings. The lowest BCUT2D eigenvalue weighted by atomic mass is 9.90. The van der Waals surface area contributed by atoms with Gasteiger partial charge in [0.15, 0.2) is 5.75 Å². The van der Waals surface area contributed by atoms with E-state index in [4.69, 9.17) is 32.9 Å². The summed E-state index contributed by atoms with van der Waals surface area (Å²) in [5.41, 5.74) is 5.41. The van der Waals surface area contributed by atoms with Crippen LogP contribution in [-0.4, -0.2) is 18.6 Å². The van der Waals surface area contributed by atoms with Gasteiger partial charge in [0.1, 0.15) is 0 Å². The van der Waals surface area contributed by atoms with Gasteiger partial charge < -0.3 is 10.1 Å². The molecule has 1 aliphatic rings. The fraction of sp³-hybridized carbons (Fsp3) is 0.174. The first kappa shape index (κ1) is 17.7. The van der Waals surface area contributed by atoms with Crippen LogP contribution in [0.5, 0.6) is 5.75 Å². The molecule has 1 aliphatic heterocycles. The Bertz CT molecular complexity index is 1210. The molecule has 0 atom stereocenters. The molecular formula is C23H18Cl2N2O. The van der Waals surface area contributed by atoms with Crippen LogP contribution in [0.2, 0.25) is 10.0 Å². The van der Waals surface area contributed by atoms with Crippen molar-refractivity contribution in [3.05, 3.63) is 69.7 Å². The Kier molecular flexibility index (Phi) is 4.39. The Morgan fingerprint density at radius 3 is 2.57 bits per heavy atom. The maximum atomic E-state index is 6.41. The highest BCUT2D eigenvalue weighted by molar-refractivity contribution is 6.37. The van der Waals surface area contributed by atoms with E-state index in [1.54, 1.807) is 7.11 Å². The van der Waals surface area contributed by atoms with Crippen molar-refractivity contribution < 1.29 is 4.74 Å². The predicted octanol–water partition coefficient (Wildman–Crippen LogP) is 6.02. The molecule has 0 spiro atoms. The normalized spacial score (nSPS) is 13.7. The summed E-state index contributed by atoms with van der Waals surface area (Å²) in [5.74, 6) is 0.492. The van der Waals surface area contributed by atoms with Gasteiger partial charge in [-0.05, 0) is 53.1 Å². The predicted molar refractivity (Wildman–Crippen MR) is 117 cm³/mol. The van der Waals surface area contributed by atoms with Gasteiger partial charge in [-0.1, -0.05) is 53.5 Å². The topological polar surface area (TPSA) is 34.1 Å². The molecular weight excluding hydrogens is 391 g/mol. The van der Waals surface area contributed by atoms with Crippen molar-refractivity contribution >= 4 is 44.9 Å². The lowest BCUT2D eigenvalue weighted by Gasteiger charge is -2.23. The third-order valence-electron chi connectivity index (χ3n) is 5.42. The molecule has 5 rings (SSSR count). The molecule has 0 saturated carbocycles. The second kappa shape index (κ2) is 6.93. The fourth-order valence-electron chi connectivity index (χ4n) is 4.18. The van der Waals surface area contributed by atoms with Gasteiger partial charge in [-0.3, -0.25) is 0 Å². The minimum atomic E-state index is 0.489.